The zero-order valence-electron chi connectivity index (χ0n) is 15.1. The van der Waals surface area contributed by atoms with Crippen LogP contribution >= 0.6 is 0 Å². The Morgan fingerprint density at radius 2 is 2.21 bits per heavy atom. The number of nitrogens with one attached hydrogen (secondary N) is 1. The second-order valence-electron chi connectivity index (χ2n) is 7.02. The van der Waals surface area contributed by atoms with Gasteiger partial charge in [-0.2, -0.15) is 5.10 Å². The second kappa shape index (κ2) is 8.51. The number of guanidine groups is 1. The van der Waals surface area contributed by atoms with Crippen LogP contribution in [0, 0.1) is 5.92 Å². The molecule has 3 rings (SSSR count). The predicted molar refractivity (Wildman–Crippen MR) is 96.0 cm³/mol. The molecule has 0 spiro atoms. The van der Waals surface area contributed by atoms with Crippen molar-refractivity contribution in [3.05, 3.63) is 18.0 Å². The normalized spacial score (nSPS) is 23.5. The summed E-state index contributed by atoms with van der Waals surface area (Å²) in [6.45, 7) is 3.46. The molecule has 0 radical (unpaired) electrons. The molecule has 1 aliphatic carbocycles. The lowest BCUT2D eigenvalue weighted by atomic mass is 9.87. The van der Waals surface area contributed by atoms with Crippen LogP contribution in [0.3, 0.4) is 0 Å². The fourth-order valence-electron chi connectivity index (χ4n) is 3.85. The van der Waals surface area contributed by atoms with Crippen LogP contribution in [0.4, 0.5) is 0 Å². The first-order valence-electron chi connectivity index (χ1n) is 9.32. The van der Waals surface area contributed by atoms with Gasteiger partial charge in [-0.25, -0.2) is 0 Å². The van der Waals surface area contributed by atoms with Gasteiger partial charge in [-0.15, -0.1) is 0 Å². The lowest BCUT2D eigenvalue weighted by molar-refractivity contribution is -0.00804. The third kappa shape index (κ3) is 4.50. The van der Waals surface area contributed by atoms with E-state index in [0.29, 0.717) is 0 Å². The van der Waals surface area contributed by atoms with E-state index in [9.17, 15) is 0 Å². The molecule has 134 valence electrons. The summed E-state index contributed by atoms with van der Waals surface area (Å²) in [5.74, 6) is 1.90. The van der Waals surface area contributed by atoms with Crippen LogP contribution in [0.25, 0.3) is 0 Å². The number of hydrogen-bond donors (Lipinski definition) is 1. The van der Waals surface area contributed by atoms with E-state index in [1.54, 1.807) is 0 Å². The maximum atomic E-state index is 5.92. The molecule has 2 fully saturated rings. The van der Waals surface area contributed by atoms with E-state index in [-0.39, 0.29) is 6.10 Å². The number of hydrogen-bond acceptors (Lipinski definition) is 3. The number of ether oxygens (including phenoxy) is 1. The molecule has 2 aliphatic rings. The Morgan fingerprint density at radius 1 is 1.38 bits per heavy atom. The van der Waals surface area contributed by atoms with Crippen molar-refractivity contribution in [2.45, 2.75) is 44.6 Å². The Kier molecular flexibility index (Phi) is 6.12. The summed E-state index contributed by atoms with van der Waals surface area (Å²) < 4.78 is 7.75. The standard InChI is InChI=1S/C18H31N5O/c1-19-18(20-9-8-15-6-4-3-5-7-15)23-10-11-24-17(14-23)16-12-21-22(2)13-16/h12-13,15,17H,3-11,14H2,1-2H3,(H,19,20). The fraction of sp³-hybridized carbons (Fsp3) is 0.778. The van der Waals surface area contributed by atoms with Crippen molar-refractivity contribution in [1.29, 1.82) is 0 Å². The van der Waals surface area contributed by atoms with Gasteiger partial charge in [0.2, 0.25) is 0 Å². The molecule has 0 bridgehead atoms. The van der Waals surface area contributed by atoms with E-state index in [0.717, 1.165) is 43.7 Å². The van der Waals surface area contributed by atoms with Crippen LogP contribution in [0.1, 0.15) is 50.2 Å². The smallest absolute Gasteiger partial charge is 0.193 e. The van der Waals surface area contributed by atoms with Gasteiger partial charge in [0, 0.05) is 38.9 Å². The van der Waals surface area contributed by atoms with Gasteiger partial charge in [-0.05, 0) is 12.3 Å². The van der Waals surface area contributed by atoms with Crippen molar-refractivity contribution >= 4 is 5.96 Å². The summed E-state index contributed by atoms with van der Waals surface area (Å²) in [5, 5.41) is 7.82. The van der Waals surface area contributed by atoms with Crippen LogP contribution in [0.5, 0.6) is 0 Å². The number of morpholine rings is 1. The van der Waals surface area contributed by atoms with E-state index in [2.05, 4.69) is 20.3 Å². The number of aromatic nitrogens is 2. The van der Waals surface area contributed by atoms with Crippen molar-refractivity contribution in [2.24, 2.45) is 18.0 Å². The van der Waals surface area contributed by atoms with Crippen LogP contribution in [0.15, 0.2) is 17.4 Å². The average Bonchev–Trinajstić information content (AvgIpc) is 3.06. The molecular weight excluding hydrogens is 302 g/mol. The molecule has 24 heavy (non-hydrogen) atoms. The Bertz CT molecular complexity index is 535. The van der Waals surface area contributed by atoms with E-state index in [4.69, 9.17) is 4.74 Å². The van der Waals surface area contributed by atoms with E-state index >= 15 is 0 Å². The Morgan fingerprint density at radius 3 is 2.92 bits per heavy atom. The quantitative estimate of drug-likeness (QED) is 0.679. The molecule has 1 atom stereocenters. The average molecular weight is 333 g/mol. The zero-order chi connectivity index (χ0) is 16.8. The molecular formula is C18H31N5O. The van der Waals surface area contributed by atoms with Crippen LogP contribution < -0.4 is 5.32 Å². The molecule has 6 heteroatoms. The van der Waals surface area contributed by atoms with Crippen molar-refractivity contribution in [2.75, 3.05) is 33.3 Å². The Hall–Kier alpha value is -1.56. The highest BCUT2D eigenvalue weighted by Gasteiger charge is 2.25. The van der Waals surface area contributed by atoms with E-state index < -0.39 is 0 Å². The first kappa shape index (κ1) is 17.3. The van der Waals surface area contributed by atoms with Crippen LogP contribution in [0.2, 0.25) is 0 Å². The molecule has 1 N–H and O–H groups in total. The topological polar surface area (TPSA) is 54.7 Å². The highest BCUT2D eigenvalue weighted by molar-refractivity contribution is 5.80. The van der Waals surface area contributed by atoms with Gasteiger partial charge in [-0.3, -0.25) is 9.67 Å². The molecule has 2 heterocycles. The van der Waals surface area contributed by atoms with Gasteiger partial charge in [0.1, 0.15) is 6.10 Å². The third-order valence-corrected chi connectivity index (χ3v) is 5.23. The van der Waals surface area contributed by atoms with Crippen LogP contribution in [-0.2, 0) is 11.8 Å². The largest absolute Gasteiger partial charge is 0.370 e. The summed E-state index contributed by atoms with van der Waals surface area (Å²) >= 11 is 0. The predicted octanol–water partition coefficient (Wildman–Crippen LogP) is 2.34. The molecule has 1 aliphatic heterocycles. The summed E-state index contributed by atoms with van der Waals surface area (Å²) in [6, 6.07) is 0. The minimum atomic E-state index is 0.0735. The third-order valence-electron chi connectivity index (χ3n) is 5.23. The summed E-state index contributed by atoms with van der Waals surface area (Å²) in [6.07, 6.45) is 12.3. The Labute approximate surface area is 145 Å². The van der Waals surface area contributed by atoms with Gasteiger partial charge in [0.15, 0.2) is 5.96 Å². The fourth-order valence-corrected chi connectivity index (χ4v) is 3.85. The van der Waals surface area contributed by atoms with E-state index in [1.165, 1.54) is 38.5 Å². The van der Waals surface area contributed by atoms with Gasteiger partial charge in [0.25, 0.3) is 0 Å². The lowest BCUT2D eigenvalue weighted by Gasteiger charge is -2.35. The number of nitrogens with zero attached hydrogens (tertiary/aromatic N) is 4. The van der Waals surface area contributed by atoms with Crippen molar-refractivity contribution in [3.8, 4) is 0 Å². The van der Waals surface area contributed by atoms with Gasteiger partial charge in [0.05, 0.1) is 19.3 Å². The molecule has 0 aromatic carbocycles. The molecule has 1 aromatic rings. The number of aliphatic imine (C=N–C) groups is 1. The monoisotopic (exact) mass is 333 g/mol. The van der Waals surface area contributed by atoms with Crippen LogP contribution in [-0.4, -0.2) is 53.9 Å². The molecule has 0 amide bonds. The molecule has 1 unspecified atom stereocenters. The first-order chi connectivity index (χ1) is 11.8. The Balaban J connectivity index is 1.49. The second-order valence-corrected chi connectivity index (χ2v) is 7.02. The van der Waals surface area contributed by atoms with Crippen molar-refractivity contribution in [1.82, 2.24) is 20.0 Å². The SMILES string of the molecule is CN=C(NCCC1CCCCC1)N1CCOC(c2cnn(C)c2)C1. The van der Waals surface area contributed by atoms with Gasteiger partial charge < -0.3 is 15.0 Å². The maximum Gasteiger partial charge on any atom is 0.193 e. The molecule has 1 aromatic heterocycles. The minimum Gasteiger partial charge on any atom is -0.370 e. The number of aryl methyl sites for hydroxylation is 1. The highest BCUT2D eigenvalue weighted by Crippen LogP contribution is 2.26. The highest BCUT2D eigenvalue weighted by atomic mass is 16.5. The van der Waals surface area contributed by atoms with E-state index in [1.807, 2.05) is 31.2 Å². The molecule has 1 saturated carbocycles. The zero-order valence-corrected chi connectivity index (χ0v) is 15.1. The first-order valence-corrected chi connectivity index (χ1v) is 9.32. The maximum absolute atomic E-state index is 5.92. The summed E-state index contributed by atoms with van der Waals surface area (Å²) in [5.41, 5.74) is 1.14. The van der Waals surface area contributed by atoms with Crippen molar-refractivity contribution in [3.63, 3.8) is 0 Å². The summed E-state index contributed by atoms with van der Waals surface area (Å²) in [4.78, 5) is 6.79. The van der Waals surface area contributed by atoms with Crippen molar-refractivity contribution < 1.29 is 4.74 Å². The minimum absolute atomic E-state index is 0.0735. The number of rotatable bonds is 4. The van der Waals surface area contributed by atoms with Gasteiger partial charge >= 0.3 is 0 Å². The molecule has 6 nitrogen and oxygen atoms in total. The summed E-state index contributed by atoms with van der Waals surface area (Å²) in [7, 11) is 3.81. The van der Waals surface area contributed by atoms with Gasteiger partial charge in [-0.1, -0.05) is 32.1 Å². The lowest BCUT2D eigenvalue weighted by Crippen LogP contribution is -2.48. The molecule has 1 saturated heterocycles.